The number of hydrogen-bond donors (Lipinski definition) is 1. The predicted molar refractivity (Wildman–Crippen MR) is 79.8 cm³/mol. The van der Waals surface area contributed by atoms with Crippen molar-refractivity contribution in [1.29, 1.82) is 0 Å². The Morgan fingerprint density at radius 1 is 1.44 bits per heavy atom. The van der Waals surface area contributed by atoms with Gasteiger partial charge in [0.1, 0.15) is 0 Å². The lowest BCUT2D eigenvalue weighted by Crippen LogP contribution is -2.45. The van der Waals surface area contributed by atoms with Crippen LogP contribution < -0.4 is 5.32 Å². The van der Waals surface area contributed by atoms with Gasteiger partial charge < -0.3 is 4.90 Å². The van der Waals surface area contributed by atoms with Gasteiger partial charge in [0.25, 0.3) is 0 Å². The van der Waals surface area contributed by atoms with Crippen molar-refractivity contribution >= 4 is 17.7 Å². The van der Waals surface area contributed by atoms with Crippen molar-refractivity contribution in [3.05, 3.63) is 0 Å². The van der Waals surface area contributed by atoms with Crippen molar-refractivity contribution < 1.29 is 4.79 Å². The summed E-state index contributed by atoms with van der Waals surface area (Å²) in [7, 11) is 0. The van der Waals surface area contributed by atoms with Crippen molar-refractivity contribution in [2.45, 2.75) is 64.4 Å². The molecule has 4 heteroatoms. The van der Waals surface area contributed by atoms with Gasteiger partial charge in [-0.2, -0.15) is 11.8 Å². The lowest BCUT2D eigenvalue weighted by molar-refractivity contribution is -0.133. The number of amides is 1. The first-order valence-corrected chi connectivity index (χ1v) is 8.26. The molecule has 0 spiro atoms. The van der Waals surface area contributed by atoms with Gasteiger partial charge in [-0.3, -0.25) is 10.1 Å². The summed E-state index contributed by atoms with van der Waals surface area (Å²) in [5.74, 6) is 0.726. The first-order chi connectivity index (χ1) is 8.35. The molecular weight excluding hydrogens is 244 g/mol. The molecular formula is C14H28N2OS. The van der Waals surface area contributed by atoms with E-state index < -0.39 is 0 Å². The van der Waals surface area contributed by atoms with Crippen LogP contribution in [0.15, 0.2) is 0 Å². The smallest absolute Gasteiger partial charge is 0.243 e. The fraction of sp³-hybridized carbons (Fsp3) is 0.929. The first-order valence-electron chi connectivity index (χ1n) is 6.97. The maximum Gasteiger partial charge on any atom is 0.243 e. The number of hydrogen-bond acceptors (Lipinski definition) is 3. The molecule has 0 aliphatic carbocycles. The van der Waals surface area contributed by atoms with E-state index in [2.05, 4.69) is 44.2 Å². The minimum atomic E-state index is -0.364. The zero-order valence-electron chi connectivity index (χ0n) is 12.6. The van der Waals surface area contributed by atoms with E-state index in [0.717, 1.165) is 19.4 Å². The topological polar surface area (TPSA) is 32.3 Å². The van der Waals surface area contributed by atoms with E-state index in [9.17, 15) is 4.79 Å². The van der Waals surface area contributed by atoms with E-state index in [-0.39, 0.29) is 17.6 Å². The van der Waals surface area contributed by atoms with Crippen LogP contribution in [-0.4, -0.2) is 40.6 Å². The van der Waals surface area contributed by atoms with Gasteiger partial charge in [-0.1, -0.05) is 27.7 Å². The van der Waals surface area contributed by atoms with Gasteiger partial charge in [-0.25, -0.2) is 0 Å². The first kappa shape index (κ1) is 15.8. The van der Waals surface area contributed by atoms with Crippen LogP contribution >= 0.6 is 11.8 Å². The van der Waals surface area contributed by atoms with E-state index in [1.165, 1.54) is 0 Å². The monoisotopic (exact) mass is 272 g/mol. The summed E-state index contributed by atoms with van der Waals surface area (Å²) < 4.78 is 0. The predicted octanol–water partition coefficient (Wildman–Crippen LogP) is 2.71. The Hall–Kier alpha value is -0.220. The van der Waals surface area contributed by atoms with Gasteiger partial charge in [0.05, 0.1) is 11.7 Å². The third-order valence-electron chi connectivity index (χ3n) is 4.05. The van der Waals surface area contributed by atoms with Crippen LogP contribution in [0.2, 0.25) is 0 Å². The van der Waals surface area contributed by atoms with Crippen molar-refractivity contribution in [2.75, 3.05) is 12.8 Å². The SMILES string of the molecule is CCC1(C)NC(C(C)C)N(CCC(C)SC)C1=O. The molecule has 3 nitrogen and oxygen atoms in total. The highest BCUT2D eigenvalue weighted by molar-refractivity contribution is 7.99. The van der Waals surface area contributed by atoms with Gasteiger partial charge in [0.2, 0.25) is 5.91 Å². The highest BCUT2D eigenvalue weighted by atomic mass is 32.2. The van der Waals surface area contributed by atoms with Crippen LogP contribution in [0.25, 0.3) is 0 Å². The summed E-state index contributed by atoms with van der Waals surface area (Å²) in [5, 5.41) is 4.14. The summed E-state index contributed by atoms with van der Waals surface area (Å²) >= 11 is 1.87. The number of rotatable bonds is 6. The van der Waals surface area contributed by atoms with Gasteiger partial charge in [-0.15, -0.1) is 0 Å². The zero-order valence-corrected chi connectivity index (χ0v) is 13.4. The normalized spacial score (nSPS) is 30.3. The van der Waals surface area contributed by atoms with E-state index in [1.54, 1.807) is 0 Å². The van der Waals surface area contributed by atoms with Crippen molar-refractivity contribution in [3.8, 4) is 0 Å². The average molecular weight is 272 g/mol. The number of nitrogens with one attached hydrogen (secondary N) is 1. The molecule has 3 atom stereocenters. The van der Waals surface area contributed by atoms with Crippen molar-refractivity contribution in [1.82, 2.24) is 10.2 Å². The van der Waals surface area contributed by atoms with Crippen molar-refractivity contribution in [2.24, 2.45) is 5.92 Å². The van der Waals surface area contributed by atoms with Crippen LogP contribution in [0, 0.1) is 5.92 Å². The fourth-order valence-electron chi connectivity index (χ4n) is 2.37. The molecule has 3 unspecified atom stereocenters. The lowest BCUT2D eigenvalue weighted by Gasteiger charge is -2.28. The quantitative estimate of drug-likeness (QED) is 0.807. The summed E-state index contributed by atoms with van der Waals surface area (Å²) in [6, 6.07) is 0. The minimum absolute atomic E-state index is 0.191. The summed E-state index contributed by atoms with van der Waals surface area (Å²) in [6.07, 6.45) is 4.24. The van der Waals surface area contributed by atoms with E-state index in [4.69, 9.17) is 0 Å². The molecule has 0 aromatic rings. The van der Waals surface area contributed by atoms with Crippen LogP contribution in [0.3, 0.4) is 0 Å². The second-order valence-corrected chi connectivity index (χ2v) is 7.13. The Kier molecular flexibility index (Phi) is 5.53. The van der Waals surface area contributed by atoms with Crippen LogP contribution in [-0.2, 0) is 4.79 Å². The Labute approximate surface area is 116 Å². The molecule has 1 aliphatic rings. The second-order valence-electron chi connectivity index (χ2n) is 5.85. The minimum Gasteiger partial charge on any atom is -0.325 e. The Morgan fingerprint density at radius 3 is 2.50 bits per heavy atom. The van der Waals surface area contributed by atoms with Crippen LogP contribution in [0.5, 0.6) is 0 Å². The number of carbonyl (C=O) groups excluding carboxylic acids is 1. The molecule has 1 saturated heterocycles. The molecule has 1 N–H and O–H groups in total. The zero-order chi connectivity index (χ0) is 13.9. The average Bonchev–Trinajstić information content (AvgIpc) is 2.60. The largest absolute Gasteiger partial charge is 0.325 e. The Morgan fingerprint density at radius 2 is 2.06 bits per heavy atom. The van der Waals surface area contributed by atoms with Crippen molar-refractivity contribution in [3.63, 3.8) is 0 Å². The molecule has 0 aromatic heterocycles. The maximum absolute atomic E-state index is 12.5. The molecule has 106 valence electrons. The Bertz CT molecular complexity index is 296. The molecule has 1 rings (SSSR count). The molecule has 0 aromatic carbocycles. The molecule has 1 fully saturated rings. The number of carbonyl (C=O) groups is 1. The number of nitrogens with zero attached hydrogens (tertiary/aromatic N) is 1. The highest BCUT2D eigenvalue weighted by Gasteiger charge is 2.47. The summed E-state index contributed by atoms with van der Waals surface area (Å²) in [6.45, 7) is 11.6. The van der Waals surface area contributed by atoms with E-state index >= 15 is 0 Å². The molecule has 0 bridgehead atoms. The molecule has 18 heavy (non-hydrogen) atoms. The van der Waals surface area contributed by atoms with Crippen LogP contribution in [0.1, 0.15) is 47.5 Å². The Balaban J connectivity index is 2.75. The summed E-state index contributed by atoms with van der Waals surface area (Å²) in [5.41, 5.74) is -0.364. The van der Waals surface area contributed by atoms with Gasteiger partial charge >= 0.3 is 0 Å². The molecule has 0 radical (unpaired) electrons. The third-order valence-corrected chi connectivity index (χ3v) is 5.09. The van der Waals surface area contributed by atoms with E-state index in [1.807, 2.05) is 18.7 Å². The molecule has 1 heterocycles. The molecule has 1 aliphatic heterocycles. The lowest BCUT2D eigenvalue weighted by atomic mass is 9.99. The molecule has 1 amide bonds. The molecule has 0 saturated carbocycles. The van der Waals surface area contributed by atoms with Gasteiger partial charge in [-0.05, 0) is 31.9 Å². The third kappa shape index (κ3) is 3.21. The van der Waals surface area contributed by atoms with Crippen LogP contribution in [0.4, 0.5) is 0 Å². The standard InChI is InChI=1S/C14H28N2OS/c1-7-14(5)13(17)16(9-8-11(4)18-6)12(15-14)10(2)3/h10-12,15H,7-9H2,1-6H3. The fourth-order valence-corrected chi connectivity index (χ4v) is 2.71. The second kappa shape index (κ2) is 6.29. The maximum atomic E-state index is 12.5. The summed E-state index contributed by atoms with van der Waals surface area (Å²) in [4.78, 5) is 14.6. The van der Waals surface area contributed by atoms with Gasteiger partial charge in [0, 0.05) is 11.8 Å². The van der Waals surface area contributed by atoms with E-state index in [0.29, 0.717) is 11.2 Å². The highest BCUT2D eigenvalue weighted by Crippen LogP contribution is 2.27. The van der Waals surface area contributed by atoms with Gasteiger partial charge in [0.15, 0.2) is 0 Å². The number of thioether (sulfide) groups is 1.